The lowest BCUT2D eigenvalue weighted by Crippen LogP contribution is -2.22. The van der Waals surface area contributed by atoms with Gasteiger partial charge in [-0.05, 0) is 56.2 Å². The molecule has 2 heterocycles. The summed E-state index contributed by atoms with van der Waals surface area (Å²) in [7, 11) is 0. The van der Waals surface area contributed by atoms with Gasteiger partial charge < -0.3 is 4.52 Å². The van der Waals surface area contributed by atoms with Crippen molar-refractivity contribution in [1.82, 2.24) is 19.7 Å². The summed E-state index contributed by atoms with van der Waals surface area (Å²) >= 11 is 1.44. The molecule has 0 bridgehead atoms. The lowest BCUT2D eigenvalue weighted by atomic mass is 10.1. The van der Waals surface area contributed by atoms with Crippen molar-refractivity contribution in [2.75, 3.05) is 0 Å². The third kappa shape index (κ3) is 3.82. The molecule has 0 amide bonds. The second kappa shape index (κ2) is 7.83. The van der Waals surface area contributed by atoms with Gasteiger partial charge in [-0.3, -0.25) is 9.36 Å². The second-order valence-electron chi connectivity index (χ2n) is 7.06. The molecule has 6 nitrogen and oxygen atoms in total. The van der Waals surface area contributed by atoms with Crippen molar-refractivity contribution in [3.05, 3.63) is 75.7 Å². The maximum absolute atomic E-state index is 13.4. The van der Waals surface area contributed by atoms with Crippen LogP contribution in [0.5, 0.6) is 0 Å². The Morgan fingerprint density at radius 3 is 2.52 bits per heavy atom. The van der Waals surface area contributed by atoms with Gasteiger partial charge in [0.2, 0.25) is 5.89 Å². The van der Waals surface area contributed by atoms with E-state index in [1.165, 1.54) is 11.8 Å². The van der Waals surface area contributed by atoms with Crippen molar-refractivity contribution in [3.63, 3.8) is 0 Å². The summed E-state index contributed by atoms with van der Waals surface area (Å²) in [5.41, 5.74) is 3.57. The molecule has 0 radical (unpaired) electrons. The highest BCUT2D eigenvalue weighted by molar-refractivity contribution is 7.99. The van der Waals surface area contributed by atoms with Crippen LogP contribution in [0, 0.1) is 13.8 Å². The number of fused-ring (bicyclic) bond motifs is 1. The van der Waals surface area contributed by atoms with E-state index in [-0.39, 0.29) is 10.8 Å². The molecule has 2 aromatic heterocycles. The largest absolute Gasteiger partial charge is 0.338 e. The zero-order valence-electron chi connectivity index (χ0n) is 16.8. The van der Waals surface area contributed by atoms with E-state index in [0.717, 1.165) is 16.8 Å². The van der Waals surface area contributed by atoms with Crippen LogP contribution in [0.15, 0.2) is 56.9 Å². The molecule has 29 heavy (non-hydrogen) atoms. The van der Waals surface area contributed by atoms with Gasteiger partial charge in [-0.25, -0.2) is 4.98 Å². The fourth-order valence-electron chi connectivity index (χ4n) is 3.28. The van der Waals surface area contributed by atoms with E-state index in [1.54, 1.807) is 4.57 Å². The van der Waals surface area contributed by atoms with Crippen LogP contribution in [0.25, 0.3) is 16.6 Å². The molecule has 4 rings (SSSR count). The molecule has 0 aliphatic heterocycles. The predicted molar refractivity (Wildman–Crippen MR) is 115 cm³/mol. The maximum atomic E-state index is 13.4. The van der Waals surface area contributed by atoms with Crippen molar-refractivity contribution in [2.24, 2.45) is 0 Å². The Balaban J connectivity index is 1.88. The number of thioether (sulfide) groups is 1. The minimum atomic E-state index is -0.145. The molecular weight excluding hydrogens is 384 g/mol. The van der Waals surface area contributed by atoms with Crippen LogP contribution in [-0.2, 0) is 6.42 Å². The van der Waals surface area contributed by atoms with Gasteiger partial charge in [0.25, 0.3) is 5.56 Å². The summed E-state index contributed by atoms with van der Waals surface area (Å²) in [5.74, 6) is 1.20. The van der Waals surface area contributed by atoms with E-state index < -0.39 is 0 Å². The monoisotopic (exact) mass is 406 g/mol. The maximum Gasteiger partial charge on any atom is 0.266 e. The summed E-state index contributed by atoms with van der Waals surface area (Å²) < 4.78 is 7.08. The smallest absolute Gasteiger partial charge is 0.266 e. The predicted octanol–water partition coefficient (Wildman–Crippen LogP) is 4.80. The Kier molecular flexibility index (Phi) is 5.24. The molecule has 0 fully saturated rings. The van der Waals surface area contributed by atoms with Crippen molar-refractivity contribution in [2.45, 2.75) is 44.5 Å². The van der Waals surface area contributed by atoms with Gasteiger partial charge in [0.05, 0.1) is 21.8 Å². The van der Waals surface area contributed by atoms with E-state index in [2.05, 4.69) is 16.2 Å². The van der Waals surface area contributed by atoms with Gasteiger partial charge in [0.15, 0.2) is 11.0 Å². The first-order chi connectivity index (χ1) is 14.0. The highest BCUT2D eigenvalue weighted by atomic mass is 32.2. The third-order valence-corrected chi connectivity index (χ3v) is 5.68. The highest BCUT2D eigenvalue weighted by Gasteiger charge is 2.20. The van der Waals surface area contributed by atoms with E-state index in [4.69, 9.17) is 9.51 Å². The van der Waals surface area contributed by atoms with Crippen molar-refractivity contribution >= 4 is 22.7 Å². The lowest BCUT2D eigenvalue weighted by Gasteiger charge is -2.16. The Bertz CT molecular complexity index is 1230. The van der Waals surface area contributed by atoms with Crippen molar-refractivity contribution in [1.29, 1.82) is 0 Å². The SMILES string of the molecule is CCc1noc(C(C)Sc2nc3ccccc3c(=O)n2-c2cc(C)cc(C)c2)n1. The highest BCUT2D eigenvalue weighted by Crippen LogP contribution is 2.34. The van der Waals surface area contributed by atoms with Crippen LogP contribution < -0.4 is 5.56 Å². The number of hydrogen-bond donors (Lipinski definition) is 0. The topological polar surface area (TPSA) is 73.8 Å². The van der Waals surface area contributed by atoms with Gasteiger partial charge in [0.1, 0.15) is 0 Å². The Morgan fingerprint density at radius 2 is 1.83 bits per heavy atom. The fourth-order valence-corrected chi connectivity index (χ4v) is 4.24. The van der Waals surface area contributed by atoms with Crippen LogP contribution in [0.1, 0.15) is 41.9 Å². The van der Waals surface area contributed by atoms with Crippen molar-refractivity contribution < 1.29 is 4.52 Å². The third-order valence-electron chi connectivity index (χ3n) is 4.64. The van der Waals surface area contributed by atoms with E-state index in [0.29, 0.717) is 34.2 Å². The number of rotatable bonds is 5. The molecule has 0 aliphatic carbocycles. The summed E-state index contributed by atoms with van der Waals surface area (Å²) in [5, 5.41) is 5.03. The molecule has 7 heteroatoms. The summed E-state index contributed by atoms with van der Waals surface area (Å²) in [6.07, 6.45) is 0.711. The number of hydrogen-bond acceptors (Lipinski definition) is 6. The zero-order chi connectivity index (χ0) is 20.5. The Morgan fingerprint density at radius 1 is 1.10 bits per heavy atom. The van der Waals surface area contributed by atoms with Crippen LogP contribution in [0.4, 0.5) is 0 Å². The van der Waals surface area contributed by atoms with Gasteiger partial charge >= 0.3 is 0 Å². The minimum Gasteiger partial charge on any atom is -0.338 e. The molecule has 2 aromatic carbocycles. The lowest BCUT2D eigenvalue weighted by molar-refractivity contribution is 0.375. The van der Waals surface area contributed by atoms with E-state index >= 15 is 0 Å². The molecule has 1 unspecified atom stereocenters. The zero-order valence-corrected chi connectivity index (χ0v) is 17.7. The summed E-state index contributed by atoms with van der Waals surface area (Å²) in [6.45, 7) is 8.01. The Labute approximate surface area is 173 Å². The van der Waals surface area contributed by atoms with Crippen LogP contribution in [0.3, 0.4) is 0 Å². The van der Waals surface area contributed by atoms with Crippen LogP contribution in [-0.4, -0.2) is 19.7 Å². The van der Waals surface area contributed by atoms with Gasteiger partial charge in [-0.2, -0.15) is 4.98 Å². The van der Waals surface area contributed by atoms with E-state index in [1.807, 2.05) is 64.1 Å². The number of para-hydroxylation sites is 1. The average molecular weight is 407 g/mol. The number of aryl methyl sites for hydroxylation is 3. The van der Waals surface area contributed by atoms with Gasteiger partial charge in [0, 0.05) is 6.42 Å². The molecule has 0 aliphatic rings. The molecule has 0 spiro atoms. The first kappa shape index (κ1) is 19.4. The van der Waals surface area contributed by atoms with Crippen LogP contribution in [0.2, 0.25) is 0 Å². The summed E-state index contributed by atoms with van der Waals surface area (Å²) in [4.78, 5) is 22.6. The molecule has 0 saturated carbocycles. The molecule has 4 aromatic rings. The molecule has 0 saturated heterocycles. The van der Waals surface area contributed by atoms with Crippen LogP contribution >= 0.6 is 11.8 Å². The quantitative estimate of drug-likeness (QED) is 0.350. The van der Waals surface area contributed by atoms with E-state index in [9.17, 15) is 4.79 Å². The number of nitrogens with zero attached hydrogens (tertiary/aromatic N) is 4. The average Bonchev–Trinajstić information content (AvgIpc) is 3.17. The molecule has 0 N–H and O–H groups in total. The van der Waals surface area contributed by atoms with Crippen molar-refractivity contribution in [3.8, 4) is 5.69 Å². The minimum absolute atomic E-state index is 0.0879. The van der Waals surface area contributed by atoms with Gasteiger partial charge in [-0.1, -0.05) is 42.0 Å². The second-order valence-corrected chi connectivity index (χ2v) is 8.37. The first-order valence-electron chi connectivity index (χ1n) is 9.56. The number of aromatic nitrogens is 4. The first-order valence-corrected chi connectivity index (χ1v) is 10.4. The molecule has 148 valence electrons. The molecular formula is C22H22N4O2S. The molecule has 1 atom stereocenters. The Hall–Kier alpha value is -2.93. The standard InChI is InChI=1S/C22H22N4O2S/c1-5-19-24-20(28-25-19)15(4)29-22-23-18-9-7-6-8-17(18)21(27)26(22)16-11-13(2)10-14(3)12-16/h6-12,15H,5H2,1-4H3. The summed E-state index contributed by atoms with van der Waals surface area (Å²) in [6, 6.07) is 13.5. The number of benzene rings is 2. The normalized spacial score (nSPS) is 12.4. The fraction of sp³-hybridized carbons (Fsp3) is 0.273. The van der Waals surface area contributed by atoms with Gasteiger partial charge in [-0.15, -0.1) is 0 Å².